The quantitative estimate of drug-likeness (QED) is 0.835. The average Bonchev–Trinajstić information content (AvgIpc) is 2.55. The number of hydrogen-bond acceptors (Lipinski definition) is 5. The molecule has 0 aromatic heterocycles. The number of methoxy groups -OCH3 is 2. The van der Waals surface area contributed by atoms with Crippen LogP contribution in [0.25, 0.3) is 0 Å². The number of ether oxygens (including phenoxy) is 4. The highest BCUT2D eigenvalue weighted by Crippen LogP contribution is 2.28. The Morgan fingerprint density at radius 1 is 1.24 bits per heavy atom. The van der Waals surface area contributed by atoms with Crippen LogP contribution in [-0.2, 0) is 9.47 Å². The third-order valence-corrected chi connectivity index (χ3v) is 3.83. The fourth-order valence-corrected chi connectivity index (χ4v) is 2.49. The van der Waals surface area contributed by atoms with Crippen LogP contribution in [0.4, 0.5) is 0 Å². The molecule has 1 heterocycles. The molecule has 5 heteroatoms. The first-order valence-corrected chi connectivity index (χ1v) is 7.37. The molecule has 0 saturated carbocycles. The van der Waals surface area contributed by atoms with Gasteiger partial charge in [-0.3, -0.25) is 0 Å². The number of nitrogens with two attached hydrogens (primary N) is 1. The molecular weight excluding hydrogens is 270 g/mol. The van der Waals surface area contributed by atoms with Gasteiger partial charge in [-0.15, -0.1) is 0 Å². The van der Waals surface area contributed by atoms with Crippen molar-refractivity contribution >= 4 is 0 Å². The van der Waals surface area contributed by atoms with Gasteiger partial charge in [0, 0.05) is 25.4 Å². The summed E-state index contributed by atoms with van der Waals surface area (Å²) in [5, 5.41) is 0. The van der Waals surface area contributed by atoms with Crippen molar-refractivity contribution in [3.63, 3.8) is 0 Å². The van der Waals surface area contributed by atoms with E-state index < -0.39 is 0 Å². The predicted molar refractivity (Wildman–Crippen MR) is 80.8 cm³/mol. The molecule has 5 nitrogen and oxygen atoms in total. The Balaban J connectivity index is 1.88. The summed E-state index contributed by atoms with van der Waals surface area (Å²) in [6, 6.07) is 5.40. The average molecular weight is 295 g/mol. The largest absolute Gasteiger partial charge is 0.497 e. The van der Waals surface area contributed by atoms with Gasteiger partial charge in [0.25, 0.3) is 0 Å². The van der Waals surface area contributed by atoms with Gasteiger partial charge in [-0.2, -0.15) is 0 Å². The number of benzene rings is 1. The summed E-state index contributed by atoms with van der Waals surface area (Å²) in [5.74, 6) is 2.11. The van der Waals surface area contributed by atoms with E-state index in [1.165, 1.54) is 0 Å². The second kappa shape index (κ2) is 8.22. The minimum Gasteiger partial charge on any atom is -0.497 e. The van der Waals surface area contributed by atoms with E-state index in [0.717, 1.165) is 49.7 Å². The highest BCUT2D eigenvalue weighted by molar-refractivity contribution is 5.42. The number of rotatable bonds is 7. The lowest BCUT2D eigenvalue weighted by molar-refractivity contribution is 0.0173. The second-order valence-electron chi connectivity index (χ2n) is 5.31. The van der Waals surface area contributed by atoms with E-state index in [-0.39, 0.29) is 6.04 Å². The molecule has 1 saturated heterocycles. The maximum Gasteiger partial charge on any atom is 0.123 e. The SMILES string of the molecule is COc1ccc(OC)c(C(N)COCC2CCOCC2)c1. The highest BCUT2D eigenvalue weighted by Gasteiger charge is 2.17. The molecule has 1 fully saturated rings. The van der Waals surface area contributed by atoms with Gasteiger partial charge >= 0.3 is 0 Å². The molecule has 0 aliphatic carbocycles. The van der Waals surface area contributed by atoms with E-state index in [2.05, 4.69) is 0 Å². The topological polar surface area (TPSA) is 62.9 Å². The summed E-state index contributed by atoms with van der Waals surface area (Å²) >= 11 is 0. The Morgan fingerprint density at radius 3 is 2.67 bits per heavy atom. The maximum atomic E-state index is 6.23. The Hall–Kier alpha value is -1.30. The lowest BCUT2D eigenvalue weighted by atomic mass is 10.0. The molecule has 0 bridgehead atoms. The zero-order valence-electron chi connectivity index (χ0n) is 12.8. The summed E-state index contributed by atoms with van der Waals surface area (Å²) in [5.41, 5.74) is 7.13. The standard InChI is InChI=1S/C16H25NO4/c1-18-13-3-4-16(19-2)14(9-13)15(17)11-21-10-12-5-7-20-8-6-12/h3-4,9,12,15H,5-8,10-11,17H2,1-2H3. The molecule has 0 radical (unpaired) electrons. The van der Waals surface area contributed by atoms with Crippen LogP contribution in [0.15, 0.2) is 18.2 Å². The molecule has 1 aliphatic heterocycles. The van der Waals surface area contributed by atoms with Gasteiger partial charge in [-0.1, -0.05) is 0 Å². The predicted octanol–water partition coefficient (Wildman–Crippen LogP) is 2.15. The molecule has 2 rings (SSSR count). The fraction of sp³-hybridized carbons (Fsp3) is 0.625. The van der Waals surface area contributed by atoms with E-state index in [0.29, 0.717) is 12.5 Å². The summed E-state index contributed by atoms with van der Waals surface area (Å²) in [4.78, 5) is 0. The first-order valence-electron chi connectivity index (χ1n) is 7.37. The van der Waals surface area contributed by atoms with Crippen molar-refractivity contribution in [2.75, 3.05) is 40.6 Å². The molecular formula is C16H25NO4. The van der Waals surface area contributed by atoms with Gasteiger partial charge in [0.05, 0.1) is 26.9 Å². The molecule has 1 aliphatic rings. The molecule has 1 aromatic rings. The molecule has 0 amide bonds. The first-order chi connectivity index (χ1) is 10.2. The highest BCUT2D eigenvalue weighted by atomic mass is 16.5. The van der Waals surface area contributed by atoms with Crippen molar-refractivity contribution in [2.24, 2.45) is 11.7 Å². The van der Waals surface area contributed by atoms with E-state index >= 15 is 0 Å². The van der Waals surface area contributed by atoms with Crippen molar-refractivity contribution in [1.29, 1.82) is 0 Å². The zero-order chi connectivity index (χ0) is 15.1. The fourth-order valence-electron chi connectivity index (χ4n) is 2.49. The Morgan fingerprint density at radius 2 is 2.00 bits per heavy atom. The molecule has 118 valence electrons. The monoisotopic (exact) mass is 295 g/mol. The van der Waals surface area contributed by atoms with Crippen LogP contribution in [0, 0.1) is 5.92 Å². The van der Waals surface area contributed by atoms with Gasteiger partial charge in [0.1, 0.15) is 11.5 Å². The maximum absolute atomic E-state index is 6.23. The normalized spacial score (nSPS) is 17.5. The van der Waals surface area contributed by atoms with Gasteiger partial charge in [-0.25, -0.2) is 0 Å². The van der Waals surface area contributed by atoms with E-state index in [4.69, 9.17) is 24.7 Å². The van der Waals surface area contributed by atoms with Gasteiger partial charge < -0.3 is 24.7 Å². The summed E-state index contributed by atoms with van der Waals surface area (Å²) < 4.78 is 21.7. The van der Waals surface area contributed by atoms with Crippen LogP contribution < -0.4 is 15.2 Å². The van der Waals surface area contributed by atoms with Gasteiger partial charge in [-0.05, 0) is 37.0 Å². The van der Waals surface area contributed by atoms with E-state index in [1.807, 2.05) is 18.2 Å². The summed E-state index contributed by atoms with van der Waals surface area (Å²) in [6.07, 6.45) is 2.13. The summed E-state index contributed by atoms with van der Waals surface area (Å²) in [6.45, 7) is 2.89. The minimum absolute atomic E-state index is 0.227. The number of hydrogen-bond donors (Lipinski definition) is 1. The van der Waals surface area contributed by atoms with Crippen molar-refractivity contribution < 1.29 is 18.9 Å². The van der Waals surface area contributed by atoms with E-state index in [9.17, 15) is 0 Å². The van der Waals surface area contributed by atoms with Crippen molar-refractivity contribution in [3.05, 3.63) is 23.8 Å². The van der Waals surface area contributed by atoms with Crippen LogP contribution in [0.1, 0.15) is 24.4 Å². The molecule has 1 atom stereocenters. The summed E-state index contributed by atoms with van der Waals surface area (Å²) in [7, 11) is 3.28. The molecule has 2 N–H and O–H groups in total. The van der Waals surface area contributed by atoms with Crippen molar-refractivity contribution in [2.45, 2.75) is 18.9 Å². The van der Waals surface area contributed by atoms with Gasteiger partial charge in [0.15, 0.2) is 0 Å². The zero-order valence-corrected chi connectivity index (χ0v) is 12.8. The van der Waals surface area contributed by atoms with Crippen LogP contribution in [0.5, 0.6) is 11.5 Å². The van der Waals surface area contributed by atoms with Crippen molar-refractivity contribution in [1.82, 2.24) is 0 Å². The first kappa shape index (κ1) is 16.1. The molecule has 1 unspecified atom stereocenters. The van der Waals surface area contributed by atoms with Crippen LogP contribution in [-0.4, -0.2) is 40.6 Å². The van der Waals surface area contributed by atoms with E-state index in [1.54, 1.807) is 14.2 Å². The lowest BCUT2D eigenvalue weighted by Crippen LogP contribution is -2.23. The lowest BCUT2D eigenvalue weighted by Gasteiger charge is -2.23. The van der Waals surface area contributed by atoms with Crippen LogP contribution in [0.2, 0.25) is 0 Å². The third kappa shape index (κ3) is 4.59. The molecule has 21 heavy (non-hydrogen) atoms. The minimum atomic E-state index is -0.227. The Kier molecular flexibility index (Phi) is 6.29. The van der Waals surface area contributed by atoms with Gasteiger partial charge in [0.2, 0.25) is 0 Å². The second-order valence-corrected chi connectivity index (χ2v) is 5.31. The smallest absolute Gasteiger partial charge is 0.123 e. The Bertz CT molecular complexity index is 432. The van der Waals surface area contributed by atoms with Crippen molar-refractivity contribution in [3.8, 4) is 11.5 Å². The van der Waals surface area contributed by atoms with Crippen LogP contribution in [0.3, 0.4) is 0 Å². The molecule has 1 aromatic carbocycles. The Labute approximate surface area is 126 Å². The third-order valence-electron chi connectivity index (χ3n) is 3.83. The molecule has 0 spiro atoms. The van der Waals surface area contributed by atoms with Crippen LogP contribution >= 0.6 is 0 Å².